The Balaban J connectivity index is 1.37. The van der Waals surface area contributed by atoms with E-state index in [0.717, 1.165) is 38.2 Å². The molecule has 7 nitrogen and oxygen atoms in total. The van der Waals surface area contributed by atoms with Gasteiger partial charge in [-0.05, 0) is 50.0 Å². The van der Waals surface area contributed by atoms with E-state index in [4.69, 9.17) is 0 Å². The van der Waals surface area contributed by atoms with Crippen LogP contribution in [-0.2, 0) is 11.3 Å². The molecule has 4 rings (SSSR count). The van der Waals surface area contributed by atoms with Crippen LogP contribution in [0.4, 0.5) is 0 Å². The summed E-state index contributed by atoms with van der Waals surface area (Å²) < 4.78 is 1.74. The van der Waals surface area contributed by atoms with Crippen molar-refractivity contribution < 1.29 is 9.90 Å². The first-order valence-corrected chi connectivity index (χ1v) is 9.16. The van der Waals surface area contributed by atoms with Gasteiger partial charge in [-0.3, -0.25) is 9.69 Å². The number of benzene rings is 1. The van der Waals surface area contributed by atoms with Gasteiger partial charge in [0.15, 0.2) is 0 Å². The molecule has 1 aromatic heterocycles. The van der Waals surface area contributed by atoms with Gasteiger partial charge in [0.05, 0.1) is 17.2 Å². The fourth-order valence-electron chi connectivity index (χ4n) is 4.32. The van der Waals surface area contributed by atoms with Gasteiger partial charge in [-0.1, -0.05) is 12.1 Å². The molecule has 1 amide bonds. The van der Waals surface area contributed by atoms with E-state index >= 15 is 0 Å². The van der Waals surface area contributed by atoms with Crippen LogP contribution in [0.3, 0.4) is 0 Å². The minimum Gasteiger partial charge on any atom is -0.391 e. The number of carbonyl (C=O) groups excluding carboxylic acids is 1. The van der Waals surface area contributed by atoms with Gasteiger partial charge in [-0.2, -0.15) is 5.10 Å². The number of amides is 1. The van der Waals surface area contributed by atoms with Crippen molar-refractivity contribution in [1.29, 1.82) is 0 Å². The maximum absolute atomic E-state index is 12.6. The molecule has 2 aromatic rings. The lowest BCUT2D eigenvalue weighted by atomic mass is 9.71. The van der Waals surface area contributed by atoms with Crippen molar-refractivity contribution >= 4 is 5.91 Å². The highest BCUT2D eigenvalue weighted by atomic mass is 16.3. The molecule has 1 N–H and O–H groups in total. The molecule has 1 atom stereocenters. The average molecular weight is 355 g/mol. The molecule has 138 valence electrons. The number of nitrogens with zero attached hydrogens (tertiary/aromatic N) is 5. The normalized spacial score (nSPS) is 23.5. The van der Waals surface area contributed by atoms with Crippen LogP contribution in [0.25, 0.3) is 5.69 Å². The van der Waals surface area contributed by atoms with Crippen LogP contribution in [0.15, 0.2) is 36.9 Å². The quantitative estimate of drug-likeness (QED) is 0.892. The largest absolute Gasteiger partial charge is 0.391 e. The van der Waals surface area contributed by atoms with E-state index in [9.17, 15) is 9.90 Å². The zero-order valence-corrected chi connectivity index (χ0v) is 15.1. The lowest BCUT2D eigenvalue weighted by molar-refractivity contribution is -0.154. The number of rotatable bonds is 3. The first-order chi connectivity index (χ1) is 12.6. The molecule has 2 aliphatic rings. The molecular formula is C19H25N5O2. The summed E-state index contributed by atoms with van der Waals surface area (Å²) in [5.41, 5.74) is 1.88. The Bertz CT molecular complexity index is 751. The molecule has 0 saturated carbocycles. The number of β-amino-alcohol motifs (C(OH)–C–C–N with tert-alkyl or cyclic N) is 1. The van der Waals surface area contributed by atoms with Gasteiger partial charge < -0.3 is 10.0 Å². The summed E-state index contributed by atoms with van der Waals surface area (Å²) >= 11 is 0. The van der Waals surface area contributed by atoms with Crippen molar-refractivity contribution in [3.8, 4) is 5.69 Å². The zero-order valence-electron chi connectivity index (χ0n) is 15.1. The molecule has 0 aliphatic carbocycles. The van der Waals surface area contributed by atoms with E-state index in [2.05, 4.69) is 27.1 Å². The fraction of sp³-hybridized carbons (Fsp3) is 0.526. The van der Waals surface area contributed by atoms with E-state index in [1.165, 1.54) is 11.9 Å². The van der Waals surface area contributed by atoms with E-state index < -0.39 is 6.10 Å². The number of likely N-dealkylation sites (N-methyl/N-ethyl adjacent to an activating group) is 1. The second-order valence-corrected chi connectivity index (χ2v) is 7.61. The van der Waals surface area contributed by atoms with Crippen LogP contribution < -0.4 is 0 Å². The maximum atomic E-state index is 12.6. The summed E-state index contributed by atoms with van der Waals surface area (Å²) in [5, 5.41) is 14.2. The van der Waals surface area contributed by atoms with Crippen LogP contribution in [0.5, 0.6) is 0 Å². The highest BCUT2D eigenvalue weighted by molar-refractivity contribution is 5.83. The molecule has 3 heterocycles. The molecule has 1 aromatic carbocycles. The molecule has 1 unspecified atom stereocenters. The number of aliphatic hydroxyl groups excluding tert-OH is 1. The van der Waals surface area contributed by atoms with Crippen molar-refractivity contribution in [2.75, 3.05) is 26.7 Å². The third-order valence-corrected chi connectivity index (χ3v) is 5.75. The number of carbonyl (C=O) groups is 1. The lowest BCUT2D eigenvalue weighted by Gasteiger charge is -2.47. The van der Waals surface area contributed by atoms with Crippen molar-refractivity contribution in [3.63, 3.8) is 0 Å². The van der Waals surface area contributed by atoms with Gasteiger partial charge in [0, 0.05) is 20.1 Å². The molecule has 1 spiro atoms. The molecule has 0 bridgehead atoms. The van der Waals surface area contributed by atoms with Crippen LogP contribution in [0, 0.1) is 5.41 Å². The summed E-state index contributed by atoms with van der Waals surface area (Å²) in [7, 11) is 1.80. The average Bonchev–Trinajstić information content (AvgIpc) is 3.17. The van der Waals surface area contributed by atoms with Gasteiger partial charge in [-0.25, -0.2) is 9.67 Å². The van der Waals surface area contributed by atoms with Gasteiger partial charge in [0.25, 0.3) is 0 Å². The molecule has 0 radical (unpaired) electrons. The summed E-state index contributed by atoms with van der Waals surface area (Å²) in [6.45, 7) is 3.11. The first-order valence-electron chi connectivity index (χ1n) is 9.16. The van der Waals surface area contributed by atoms with Crippen molar-refractivity contribution in [2.24, 2.45) is 5.41 Å². The highest BCUT2D eigenvalue weighted by Crippen LogP contribution is 2.40. The Labute approximate surface area is 153 Å². The second-order valence-electron chi connectivity index (χ2n) is 7.61. The van der Waals surface area contributed by atoms with Gasteiger partial charge >= 0.3 is 0 Å². The third-order valence-electron chi connectivity index (χ3n) is 5.75. The van der Waals surface area contributed by atoms with E-state index in [1.54, 1.807) is 23.0 Å². The Morgan fingerprint density at radius 2 is 1.96 bits per heavy atom. The number of hydrogen-bond donors (Lipinski definition) is 1. The molecule has 2 saturated heterocycles. The monoisotopic (exact) mass is 355 g/mol. The number of aromatic nitrogens is 3. The molecule has 2 fully saturated rings. The van der Waals surface area contributed by atoms with Gasteiger partial charge in [0.1, 0.15) is 12.7 Å². The van der Waals surface area contributed by atoms with Crippen LogP contribution in [-0.4, -0.2) is 68.4 Å². The van der Waals surface area contributed by atoms with E-state index in [1.807, 2.05) is 12.1 Å². The predicted molar refractivity (Wildman–Crippen MR) is 96.6 cm³/mol. The zero-order chi connectivity index (χ0) is 18.1. The molecule has 7 heteroatoms. The third kappa shape index (κ3) is 3.24. The molecule has 26 heavy (non-hydrogen) atoms. The molecular weight excluding hydrogens is 330 g/mol. The summed E-state index contributed by atoms with van der Waals surface area (Å²) in [5.74, 6) is 0.208. The predicted octanol–water partition coefficient (Wildman–Crippen LogP) is 1.07. The number of piperidine rings is 2. The molecule has 2 aliphatic heterocycles. The number of hydrogen-bond acceptors (Lipinski definition) is 5. The summed E-state index contributed by atoms with van der Waals surface area (Å²) in [6, 6.07) is 8.33. The van der Waals surface area contributed by atoms with Crippen molar-refractivity contribution in [2.45, 2.75) is 31.9 Å². The Hall–Kier alpha value is -2.25. The van der Waals surface area contributed by atoms with Crippen LogP contribution >= 0.6 is 0 Å². The maximum Gasteiger partial charge on any atom is 0.228 e. The van der Waals surface area contributed by atoms with Crippen molar-refractivity contribution in [1.82, 2.24) is 24.6 Å². The minimum absolute atomic E-state index is 0.208. The highest BCUT2D eigenvalue weighted by Gasteiger charge is 2.47. The van der Waals surface area contributed by atoms with Crippen LogP contribution in [0.1, 0.15) is 24.8 Å². The minimum atomic E-state index is -0.395. The Morgan fingerprint density at radius 1 is 1.23 bits per heavy atom. The van der Waals surface area contributed by atoms with Gasteiger partial charge in [-0.15, -0.1) is 0 Å². The lowest BCUT2D eigenvalue weighted by Crippen LogP contribution is -2.56. The summed E-state index contributed by atoms with van der Waals surface area (Å²) in [4.78, 5) is 20.7. The first kappa shape index (κ1) is 17.2. The Kier molecular flexibility index (Phi) is 4.50. The van der Waals surface area contributed by atoms with E-state index in [0.29, 0.717) is 13.0 Å². The Morgan fingerprint density at radius 3 is 2.62 bits per heavy atom. The second kappa shape index (κ2) is 6.81. The van der Waals surface area contributed by atoms with Gasteiger partial charge in [0.2, 0.25) is 5.91 Å². The SMILES string of the molecule is CN1CC(O)CC2(CCN(Cc3ccc(-n4cncn4)cc3)CC2)C1=O. The van der Waals surface area contributed by atoms with Crippen molar-refractivity contribution in [3.05, 3.63) is 42.5 Å². The van der Waals surface area contributed by atoms with E-state index in [-0.39, 0.29) is 11.3 Å². The standard InChI is InChI=1S/C19H25N5O2/c1-22-12-17(25)10-19(18(22)26)6-8-23(9-7-19)11-15-2-4-16(5-3-15)24-14-20-13-21-24/h2-5,13-14,17,25H,6-12H2,1H3. The smallest absolute Gasteiger partial charge is 0.228 e. The van der Waals surface area contributed by atoms with Crippen LogP contribution in [0.2, 0.25) is 0 Å². The topological polar surface area (TPSA) is 74.5 Å². The summed E-state index contributed by atoms with van der Waals surface area (Å²) in [6.07, 6.45) is 5.07. The number of likely N-dealkylation sites (tertiary alicyclic amines) is 2. The fourth-order valence-corrected chi connectivity index (χ4v) is 4.32. The number of aliphatic hydroxyl groups is 1.